The molecule has 1 aliphatic rings. The highest BCUT2D eigenvalue weighted by molar-refractivity contribution is 5.85. The van der Waals surface area contributed by atoms with Crippen LogP contribution in [-0.4, -0.2) is 39.0 Å². The molecule has 3 nitrogen and oxygen atoms in total. The average Bonchev–Trinajstić information content (AvgIpc) is 2.33. The Balaban J connectivity index is 0.00000162. The van der Waals surface area contributed by atoms with Crippen LogP contribution in [0, 0.1) is 11.7 Å². The van der Waals surface area contributed by atoms with Crippen LogP contribution in [0.5, 0.6) is 0 Å². The minimum atomic E-state index is -0.206. The van der Waals surface area contributed by atoms with Crippen LogP contribution in [-0.2, 0) is 9.47 Å². The Morgan fingerprint density at radius 1 is 1.17 bits per heavy atom. The Morgan fingerprint density at radius 2 is 1.72 bits per heavy atom. The van der Waals surface area contributed by atoms with Gasteiger partial charge < -0.3 is 14.4 Å². The van der Waals surface area contributed by atoms with Crippen molar-refractivity contribution in [1.29, 1.82) is 0 Å². The first-order chi connectivity index (χ1) is 8.18. The molecule has 0 aromatic heterocycles. The van der Waals surface area contributed by atoms with Crippen molar-refractivity contribution in [3.8, 4) is 0 Å². The van der Waals surface area contributed by atoms with Crippen molar-refractivity contribution in [3.63, 3.8) is 0 Å². The van der Waals surface area contributed by atoms with Gasteiger partial charge in [-0.15, -0.1) is 12.4 Å². The molecule has 5 heteroatoms. The number of rotatable bonds is 3. The molecule has 1 heterocycles. The second-order valence-corrected chi connectivity index (χ2v) is 4.58. The van der Waals surface area contributed by atoms with E-state index in [2.05, 4.69) is 4.90 Å². The van der Waals surface area contributed by atoms with Crippen molar-refractivity contribution in [3.05, 3.63) is 35.6 Å². The first-order valence-electron chi connectivity index (χ1n) is 5.76. The molecule has 0 amide bonds. The van der Waals surface area contributed by atoms with E-state index in [1.165, 1.54) is 12.1 Å². The van der Waals surface area contributed by atoms with E-state index in [4.69, 9.17) is 9.47 Å². The third kappa shape index (κ3) is 3.65. The molecule has 1 unspecified atom stereocenters. The van der Waals surface area contributed by atoms with Crippen molar-refractivity contribution in [2.45, 2.75) is 6.04 Å². The van der Waals surface area contributed by atoms with Gasteiger partial charge in [-0.05, 0) is 31.8 Å². The third-order valence-electron chi connectivity index (χ3n) is 3.04. The van der Waals surface area contributed by atoms with Crippen LogP contribution < -0.4 is 0 Å². The predicted octanol–water partition coefficient (Wildman–Crippen LogP) is 2.47. The van der Waals surface area contributed by atoms with Crippen LogP contribution in [0.3, 0.4) is 0 Å². The van der Waals surface area contributed by atoms with Crippen LogP contribution in [0.25, 0.3) is 0 Å². The minimum Gasteiger partial charge on any atom is -0.355 e. The van der Waals surface area contributed by atoms with E-state index in [1.807, 2.05) is 26.2 Å². The number of ether oxygens (including phenoxy) is 2. The lowest BCUT2D eigenvalue weighted by Crippen LogP contribution is -2.36. The monoisotopic (exact) mass is 275 g/mol. The van der Waals surface area contributed by atoms with E-state index < -0.39 is 0 Å². The van der Waals surface area contributed by atoms with Gasteiger partial charge in [-0.25, -0.2) is 4.39 Å². The number of hydrogen-bond acceptors (Lipinski definition) is 3. The summed E-state index contributed by atoms with van der Waals surface area (Å²) >= 11 is 0. The first kappa shape index (κ1) is 15.4. The molecule has 1 aliphatic heterocycles. The van der Waals surface area contributed by atoms with E-state index in [1.54, 1.807) is 0 Å². The van der Waals surface area contributed by atoms with E-state index in [0.717, 1.165) is 5.56 Å². The van der Waals surface area contributed by atoms with Crippen molar-refractivity contribution >= 4 is 12.4 Å². The van der Waals surface area contributed by atoms with E-state index in [-0.39, 0.29) is 30.2 Å². The Labute approximate surface area is 113 Å². The Kier molecular flexibility index (Phi) is 6.02. The second kappa shape index (κ2) is 7.04. The third-order valence-corrected chi connectivity index (χ3v) is 3.04. The number of halogens is 2. The molecule has 0 N–H and O–H groups in total. The Hall–Kier alpha value is -0.680. The number of hydrogen-bond donors (Lipinski definition) is 0. The molecule has 1 fully saturated rings. The molecule has 1 atom stereocenters. The lowest BCUT2D eigenvalue weighted by molar-refractivity contribution is -0.139. The van der Waals surface area contributed by atoms with E-state index in [0.29, 0.717) is 20.0 Å². The summed E-state index contributed by atoms with van der Waals surface area (Å²) < 4.78 is 23.6. The van der Waals surface area contributed by atoms with Crippen LogP contribution >= 0.6 is 12.4 Å². The van der Waals surface area contributed by atoms with Crippen LogP contribution in [0.15, 0.2) is 24.3 Å². The van der Waals surface area contributed by atoms with Crippen molar-refractivity contribution in [1.82, 2.24) is 4.90 Å². The SMILES string of the molecule is CN(C)C(c1ccc(F)cc1)C1COCOC1.Cl. The zero-order chi connectivity index (χ0) is 12.3. The Morgan fingerprint density at radius 3 is 2.22 bits per heavy atom. The fourth-order valence-electron chi connectivity index (χ4n) is 2.34. The molecular formula is C13H19ClFNO2. The summed E-state index contributed by atoms with van der Waals surface area (Å²) in [6.45, 7) is 1.74. The minimum absolute atomic E-state index is 0. The van der Waals surface area contributed by atoms with Gasteiger partial charge in [0, 0.05) is 12.0 Å². The summed E-state index contributed by atoms with van der Waals surface area (Å²) in [6.07, 6.45) is 0. The fourth-order valence-corrected chi connectivity index (χ4v) is 2.34. The summed E-state index contributed by atoms with van der Waals surface area (Å²) in [6, 6.07) is 6.84. The van der Waals surface area contributed by atoms with Gasteiger partial charge in [-0.3, -0.25) is 0 Å². The molecular weight excluding hydrogens is 257 g/mol. The van der Waals surface area contributed by atoms with Gasteiger partial charge in [0.05, 0.1) is 13.2 Å². The molecule has 0 radical (unpaired) electrons. The van der Waals surface area contributed by atoms with Crippen molar-refractivity contribution in [2.24, 2.45) is 5.92 Å². The number of nitrogens with zero attached hydrogens (tertiary/aromatic N) is 1. The van der Waals surface area contributed by atoms with Crippen molar-refractivity contribution in [2.75, 3.05) is 34.1 Å². The summed E-state index contributed by atoms with van der Waals surface area (Å²) in [5.41, 5.74) is 1.09. The molecule has 1 aromatic carbocycles. The van der Waals surface area contributed by atoms with Gasteiger partial charge in [0.1, 0.15) is 12.6 Å². The topological polar surface area (TPSA) is 21.7 Å². The Bertz CT molecular complexity index is 353. The molecule has 0 saturated carbocycles. The smallest absolute Gasteiger partial charge is 0.146 e. The zero-order valence-corrected chi connectivity index (χ0v) is 11.5. The van der Waals surface area contributed by atoms with Gasteiger partial charge in [0.25, 0.3) is 0 Å². The van der Waals surface area contributed by atoms with Crippen LogP contribution in [0.1, 0.15) is 11.6 Å². The molecule has 0 bridgehead atoms. The molecule has 0 spiro atoms. The zero-order valence-electron chi connectivity index (χ0n) is 10.6. The molecule has 1 saturated heterocycles. The van der Waals surface area contributed by atoms with Crippen LogP contribution in [0.4, 0.5) is 4.39 Å². The fraction of sp³-hybridized carbons (Fsp3) is 0.538. The number of benzene rings is 1. The molecule has 0 aliphatic carbocycles. The van der Waals surface area contributed by atoms with Gasteiger partial charge in [-0.1, -0.05) is 12.1 Å². The van der Waals surface area contributed by atoms with Crippen LogP contribution in [0.2, 0.25) is 0 Å². The molecule has 1 aromatic rings. The maximum atomic E-state index is 12.9. The summed E-state index contributed by atoms with van der Waals surface area (Å²) in [7, 11) is 4.03. The second-order valence-electron chi connectivity index (χ2n) is 4.58. The predicted molar refractivity (Wildman–Crippen MR) is 70.3 cm³/mol. The highest BCUT2D eigenvalue weighted by Crippen LogP contribution is 2.29. The lowest BCUT2D eigenvalue weighted by atomic mass is 9.93. The summed E-state index contributed by atoms with van der Waals surface area (Å²) in [5, 5.41) is 0. The van der Waals surface area contributed by atoms with Gasteiger partial charge in [0.2, 0.25) is 0 Å². The summed E-state index contributed by atoms with van der Waals surface area (Å²) in [4.78, 5) is 2.12. The maximum absolute atomic E-state index is 12.9. The van der Waals surface area contributed by atoms with Gasteiger partial charge in [0.15, 0.2) is 0 Å². The van der Waals surface area contributed by atoms with E-state index >= 15 is 0 Å². The standard InChI is InChI=1S/C13H18FNO2.ClH/c1-15(2)13(11-7-16-9-17-8-11)10-3-5-12(14)6-4-10;/h3-6,11,13H,7-9H2,1-2H3;1H. The average molecular weight is 276 g/mol. The molecule has 18 heavy (non-hydrogen) atoms. The highest BCUT2D eigenvalue weighted by Gasteiger charge is 2.27. The highest BCUT2D eigenvalue weighted by atomic mass is 35.5. The summed E-state index contributed by atoms with van der Waals surface area (Å²) in [5.74, 6) is 0.0756. The van der Waals surface area contributed by atoms with E-state index in [9.17, 15) is 4.39 Å². The normalized spacial score (nSPS) is 18.4. The van der Waals surface area contributed by atoms with Crippen molar-refractivity contribution < 1.29 is 13.9 Å². The quantitative estimate of drug-likeness (QED) is 0.846. The molecule has 102 valence electrons. The van der Waals surface area contributed by atoms with Gasteiger partial charge in [-0.2, -0.15) is 0 Å². The van der Waals surface area contributed by atoms with Gasteiger partial charge >= 0.3 is 0 Å². The molecule has 2 rings (SSSR count). The largest absolute Gasteiger partial charge is 0.355 e. The lowest BCUT2D eigenvalue weighted by Gasteiger charge is -2.34. The maximum Gasteiger partial charge on any atom is 0.146 e. The first-order valence-corrected chi connectivity index (χ1v) is 5.76.